The molecule has 0 aliphatic rings. The second-order valence-corrected chi connectivity index (χ2v) is 3.51. The van der Waals surface area contributed by atoms with Gasteiger partial charge in [-0.25, -0.2) is 4.79 Å². The van der Waals surface area contributed by atoms with Gasteiger partial charge >= 0.3 is 5.97 Å². The molecule has 0 aromatic heterocycles. The fraction of sp³-hybridized carbons (Fsp3) is 0.417. The van der Waals surface area contributed by atoms with Crippen LogP contribution in [0, 0.1) is 0 Å². The monoisotopic (exact) mass is 255 g/mol. The van der Waals surface area contributed by atoms with Crippen molar-refractivity contribution in [3.8, 4) is 5.75 Å². The van der Waals surface area contributed by atoms with Crippen LogP contribution in [0.3, 0.4) is 0 Å². The number of benzene rings is 1. The summed E-state index contributed by atoms with van der Waals surface area (Å²) in [6.07, 6.45) is 0. The first kappa shape index (κ1) is 14.3. The van der Waals surface area contributed by atoms with Crippen LogP contribution in [0.5, 0.6) is 5.75 Å². The third-order valence-electron chi connectivity index (χ3n) is 2.18. The fourth-order valence-electron chi connectivity index (χ4n) is 1.25. The number of anilines is 1. The molecule has 0 atom stereocenters. The number of hydrogen-bond donors (Lipinski definition) is 2. The van der Waals surface area contributed by atoms with Crippen molar-refractivity contribution < 1.29 is 24.1 Å². The van der Waals surface area contributed by atoms with Crippen molar-refractivity contribution in [1.29, 1.82) is 0 Å². The largest absolute Gasteiger partial charge is 0.489 e. The smallest absolute Gasteiger partial charge is 0.335 e. The predicted octanol–water partition coefficient (Wildman–Crippen LogP) is 1.01. The van der Waals surface area contributed by atoms with E-state index in [1.807, 2.05) is 0 Å². The maximum atomic E-state index is 10.8. The Labute approximate surface area is 105 Å². The van der Waals surface area contributed by atoms with Crippen LogP contribution >= 0.6 is 0 Å². The van der Waals surface area contributed by atoms with Gasteiger partial charge in [-0.3, -0.25) is 0 Å². The van der Waals surface area contributed by atoms with Gasteiger partial charge in [0.05, 0.1) is 31.1 Å². The lowest BCUT2D eigenvalue weighted by Crippen LogP contribution is -2.11. The minimum atomic E-state index is -1.02. The van der Waals surface area contributed by atoms with Crippen LogP contribution < -0.4 is 10.5 Å². The van der Waals surface area contributed by atoms with Crippen molar-refractivity contribution in [1.82, 2.24) is 0 Å². The van der Waals surface area contributed by atoms with E-state index in [-0.39, 0.29) is 5.56 Å². The highest BCUT2D eigenvalue weighted by Gasteiger charge is 2.07. The van der Waals surface area contributed by atoms with Gasteiger partial charge < -0.3 is 25.1 Å². The highest BCUT2D eigenvalue weighted by Crippen LogP contribution is 2.22. The summed E-state index contributed by atoms with van der Waals surface area (Å²) < 4.78 is 15.4. The van der Waals surface area contributed by atoms with E-state index in [0.717, 1.165) is 0 Å². The minimum absolute atomic E-state index is 0.138. The number of methoxy groups -OCH3 is 1. The maximum Gasteiger partial charge on any atom is 0.335 e. The molecule has 0 spiro atoms. The van der Waals surface area contributed by atoms with Crippen LogP contribution in [0.4, 0.5) is 5.69 Å². The predicted molar refractivity (Wildman–Crippen MR) is 66.0 cm³/mol. The summed E-state index contributed by atoms with van der Waals surface area (Å²) in [6, 6.07) is 4.33. The van der Waals surface area contributed by atoms with Crippen molar-refractivity contribution in [3.05, 3.63) is 23.8 Å². The second-order valence-electron chi connectivity index (χ2n) is 3.51. The molecule has 0 unspecified atom stereocenters. The van der Waals surface area contributed by atoms with Crippen LogP contribution in [0.25, 0.3) is 0 Å². The summed E-state index contributed by atoms with van der Waals surface area (Å²) in [5, 5.41) is 8.83. The molecule has 1 rings (SSSR count). The van der Waals surface area contributed by atoms with Crippen LogP contribution in [-0.2, 0) is 9.47 Å². The van der Waals surface area contributed by atoms with Crippen molar-refractivity contribution in [2.24, 2.45) is 0 Å². The van der Waals surface area contributed by atoms with Gasteiger partial charge in [-0.05, 0) is 18.2 Å². The normalized spacial score (nSPS) is 10.3. The van der Waals surface area contributed by atoms with Gasteiger partial charge in [-0.15, -0.1) is 0 Å². The molecule has 0 aliphatic heterocycles. The van der Waals surface area contributed by atoms with E-state index < -0.39 is 5.97 Å². The quantitative estimate of drug-likeness (QED) is 0.532. The van der Waals surface area contributed by atoms with Crippen LogP contribution in [0.15, 0.2) is 18.2 Å². The zero-order valence-electron chi connectivity index (χ0n) is 10.2. The third-order valence-corrected chi connectivity index (χ3v) is 2.18. The van der Waals surface area contributed by atoms with Gasteiger partial charge in [0.15, 0.2) is 0 Å². The van der Waals surface area contributed by atoms with Crippen LogP contribution in [0.1, 0.15) is 10.4 Å². The molecule has 3 N–H and O–H groups in total. The highest BCUT2D eigenvalue weighted by molar-refractivity contribution is 5.89. The van der Waals surface area contributed by atoms with E-state index in [1.165, 1.54) is 18.2 Å². The molecule has 0 saturated carbocycles. The Morgan fingerprint density at radius 3 is 2.67 bits per heavy atom. The average Bonchev–Trinajstić information content (AvgIpc) is 2.35. The number of rotatable bonds is 8. The molecule has 0 radical (unpaired) electrons. The van der Waals surface area contributed by atoms with E-state index in [4.69, 9.17) is 25.1 Å². The van der Waals surface area contributed by atoms with E-state index >= 15 is 0 Å². The Morgan fingerprint density at radius 1 is 1.28 bits per heavy atom. The summed E-state index contributed by atoms with van der Waals surface area (Å²) in [7, 11) is 1.60. The zero-order chi connectivity index (χ0) is 13.4. The SMILES string of the molecule is COCCOCCOc1cc(C(=O)O)ccc1N. The summed E-state index contributed by atoms with van der Waals surface area (Å²) in [4.78, 5) is 10.8. The van der Waals surface area contributed by atoms with Crippen molar-refractivity contribution in [3.63, 3.8) is 0 Å². The molecule has 0 fully saturated rings. The molecule has 0 saturated heterocycles. The lowest BCUT2D eigenvalue weighted by Gasteiger charge is -2.10. The molecule has 0 heterocycles. The lowest BCUT2D eigenvalue weighted by molar-refractivity contribution is 0.0545. The maximum absolute atomic E-state index is 10.8. The van der Waals surface area contributed by atoms with Gasteiger partial charge in [0, 0.05) is 7.11 Å². The minimum Gasteiger partial charge on any atom is -0.489 e. The number of nitrogen functional groups attached to an aromatic ring is 1. The van der Waals surface area contributed by atoms with Gasteiger partial charge in [0.2, 0.25) is 0 Å². The van der Waals surface area contributed by atoms with E-state index in [2.05, 4.69) is 0 Å². The summed E-state index contributed by atoms with van der Waals surface area (Å²) in [6.45, 7) is 1.71. The zero-order valence-corrected chi connectivity index (χ0v) is 10.2. The highest BCUT2D eigenvalue weighted by atomic mass is 16.5. The first-order valence-corrected chi connectivity index (χ1v) is 5.47. The number of carbonyl (C=O) groups is 1. The topological polar surface area (TPSA) is 91.0 Å². The number of nitrogens with two attached hydrogens (primary N) is 1. The average molecular weight is 255 g/mol. The Balaban J connectivity index is 2.41. The summed E-state index contributed by atoms with van der Waals surface area (Å²) >= 11 is 0. The van der Waals surface area contributed by atoms with Gasteiger partial charge in [0.1, 0.15) is 12.4 Å². The molecule has 0 amide bonds. The van der Waals surface area contributed by atoms with Gasteiger partial charge in [-0.2, -0.15) is 0 Å². The molecule has 0 aliphatic carbocycles. The first-order valence-electron chi connectivity index (χ1n) is 5.47. The summed E-state index contributed by atoms with van der Waals surface area (Å²) in [5.41, 5.74) is 6.21. The van der Waals surface area contributed by atoms with Gasteiger partial charge in [0.25, 0.3) is 0 Å². The van der Waals surface area contributed by atoms with E-state index in [9.17, 15) is 4.79 Å². The Hall–Kier alpha value is -1.79. The number of carboxylic acids is 1. The molecule has 0 bridgehead atoms. The Bertz CT molecular complexity index is 394. The van der Waals surface area contributed by atoms with Crippen LogP contribution in [-0.4, -0.2) is 44.6 Å². The molecule has 100 valence electrons. The molecule has 6 heteroatoms. The molecular formula is C12H17NO5. The lowest BCUT2D eigenvalue weighted by atomic mass is 10.2. The van der Waals surface area contributed by atoms with Crippen molar-refractivity contribution in [2.75, 3.05) is 39.3 Å². The molecule has 1 aromatic carbocycles. The van der Waals surface area contributed by atoms with Crippen molar-refractivity contribution >= 4 is 11.7 Å². The number of aromatic carboxylic acids is 1. The third kappa shape index (κ3) is 4.60. The fourth-order valence-corrected chi connectivity index (χ4v) is 1.25. The number of ether oxygens (including phenoxy) is 3. The van der Waals surface area contributed by atoms with Crippen LogP contribution in [0.2, 0.25) is 0 Å². The molecule has 1 aromatic rings. The van der Waals surface area contributed by atoms with Crippen molar-refractivity contribution in [2.45, 2.75) is 0 Å². The molecular weight excluding hydrogens is 238 g/mol. The second kappa shape index (κ2) is 7.52. The first-order chi connectivity index (χ1) is 8.65. The van der Waals surface area contributed by atoms with E-state index in [0.29, 0.717) is 37.9 Å². The Kier molecular flexibility index (Phi) is 5.96. The van der Waals surface area contributed by atoms with Gasteiger partial charge in [-0.1, -0.05) is 0 Å². The number of hydrogen-bond acceptors (Lipinski definition) is 5. The molecule has 6 nitrogen and oxygen atoms in total. The standard InChI is InChI=1S/C12H17NO5/c1-16-4-5-17-6-7-18-11-8-9(12(14)15)2-3-10(11)13/h2-3,8H,4-7,13H2,1H3,(H,14,15). The van der Waals surface area contributed by atoms with E-state index in [1.54, 1.807) is 7.11 Å². The summed E-state index contributed by atoms with van der Waals surface area (Å²) in [5.74, 6) is -0.665. The number of carboxylic acid groups (broad SMARTS) is 1. The Morgan fingerprint density at radius 2 is 2.00 bits per heavy atom. The molecule has 18 heavy (non-hydrogen) atoms.